The average Bonchev–Trinajstić information content (AvgIpc) is 2.82. The second-order valence-corrected chi connectivity index (χ2v) is 21.1. The summed E-state index contributed by atoms with van der Waals surface area (Å²) in [6.45, 7) is 26.2. The van der Waals surface area contributed by atoms with Gasteiger partial charge in [0.1, 0.15) is 0 Å². The summed E-state index contributed by atoms with van der Waals surface area (Å²) in [4.78, 5) is 0. The number of hydrogen-bond donors (Lipinski definition) is 1. The maximum absolute atomic E-state index is 9.99. The van der Waals surface area contributed by atoms with Crippen molar-refractivity contribution in [2.24, 2.45) is 0 Å². The average molecular weight is 583 g/mol. The minimum atomic E-state index is -0.717. The molecule has 0 bridgehead atoms. The van der Waals surface area contributed by atoms with Gasteiger partial charge in [-0.1, -0.05) is 90.4 Å². The topological polar surface area (TPSA) is 38.7 Å². The smallest absolute Gasteiger partial charge is 0.168 e. The van der Waals surface area contributed by atoms with Crippen molar-refractivity contribution < 1.29 is 14.0 Å². The number of benzene rings is 2. The number of unbranched alkanes of at least 4 members (excludes halogenated alkanes) is 1. The summed E-state index contributed by atoms with van der Waals surface area (Å²) in [5, 5.41) is 10.5. The molecule has 2 rings (SSSR count). The Labute approximate surface area is 251 Å². The van der Waals surface area contributed by atoms with Crippen molar-refractivity contribution in [3.63, 3.8) is 0 Å². The zero-order chi connectivity index (χ0) is 30.4. The Kier molecular flexibility index (Phi) is 11.8. The first-order valence-corrected chi connectivity index (χ1v) is 17.7. The highest BCUT2D eigenvalue weighted by atomic mass is 28.2. The van der Waals surface area contributed by atoms with E-state index in [1.54, 1.807) is 0 Å². The number of aryl methyl sites for hydroxylation is 1. The highest BCUT2D eigenvalue weighted by Crippen LogP contribution is 2.35. The summed E-state index contributed by atoms with van der Waals surface area (Å²) in [6, 6.07) is 15.7. The van der Waals surface area contributed by atoms with Crippen molar-refractivity contribution in [1.82, 2.24) is 0 Å². The second-order valence-electron chi connectivity index (χ2n) is 15.7. The molecule has 0 fully saturated rings. The van der Waals surface area contributed by atoms with Crippen LogP contribution in [0.3, 0.4) is 0 Å². The van der Waals surface area contributed by atoms with Gasteiger partial charge in [0, 0.05) is 0 Å². The highest BCUT2D eigenvalue weighted by Gasteiger charge is 2.29. The second kappa shape index (κ2) is 13.6. The molecule has 2 aromatic rings. The van der Waals surface area contributed by atoms with Crippen LogP contribution in [0.25, 0.3) is 12.2 Å². The third kappa shape index (κ3) is 13.0. The summed E-state index contributed by atoms with van der Waals surface area (Å²) in [5.74, 6) is 0. The maximum Gasteiger partial charge on any atom is 0.168 e. The molecule has 0 amide bonds. The van der Waals surface area contributed by atoms with Gasteiger partial charge in [0.05, 0.1) is 16.8 Å². The summed E-state index contributed by atoms with van der Waals surface area (Å²) in [7, 11) is -1.43. The van der Waals surface area contributed by atoms with Crippen LogP contribution in [-0.2, 0) is 26.5 Å². The van der Waals surface area contributed by atoms with E-state index in [2.05, 4.69) is 124 Å². The fourth-order valence-corrected chi connectivity index (χ4v) is 6.26. The minimum absolute atomic E-state index is 0.234. The first kappa shape index (κ1) is 34.7. The number of aliphatic hydroxyl groups is 1. The van der Waals surface area contributed by atoms with Gasteiger partial charge in [0.25, 0.3) is 0 Å². The fourth-order valence-electron chi connectivity index (χ4n) is 4.34. The molecule has 0 aromatic heterocycles. The van der Waals surface area contributed by atoms with Crippen LogP contribution in [0, 0.1) is 0 Å². The van der Waals surface area contributed by atoms with E-state index in [0.29, 0.717) is 0 Å². The molecule has 1 N–H and O–H groups in total. The fraction of sp³-hybridized carbons (Fsp3) is 0.600. The lowest BCUT2D eigenvalue weighted by molar-refractivity contribution is 0.0682. The zero-order valence-corrected chi connectivity index (χ0v) is 30.5. The van der Waals surface area contributed by atoms with Gasteiger partial charge in [-0.05, 0) is 111 Å². The molecular weight excluding hydrogens is 525 g/mol. The van der Waals surface area contributed by atoms with E-state index in [4.69, 9.17) is 8.85 Å². The molecular formula is C35H58O3Si2. The molecule has 224 valence electrons. The van der Waals surface area contributed by atoms with E-state index in [0.717, 1.165) is 25.7 Å². The summed E-state index contributed by atoms with van der Waals surface area (Å²) < 4.78 is 13.3. The zero-order valence-electron chi connectivity index (χ0n) is 27.7. The van der Waals surface area contributed by atoms with Crippen molar-refractivity contribution in [2.45, 2.75) is 136 Å². The Balaban J connectivity index is 2.35. The monoisotopic (exact) mass is 582 g/mol. The molecule has 0 aliphatic carbocycles. The Morgan fingerprint density at radius 3 is 1.62 bits per heavy atom. The number of hydrogen-bond acceptors (Lipinski definition) is 3. The van der Waals surface area contributed by atoms with Crippen molar-refractivity contribution in [2.75, 3.05) is 0 Å². The van der Waals surface area contributed by atoms with E-state index in [9.17, 15) is 5.11 Å². The molecule has 0 spiro atoms. The first-order chi connectivity index (χ1) is 18.2. The van der Waals surface area contributed by atoms with Crippen LogP contribution in [0.15, 0.2) is 42.5 Å². The van der Waals surface area contributed by atoms with Crippen LogP contribution in [0.4, 0.5) is 0 Å². The Morgan fingerprint density at radius 2 is 1.15 bits per heavy atom. The van der Waals surface area contributed by atoms with Crippen LogP contribution >= 0.6 is 0 Å². The van der Waals surface area contributed by atoms with E-state index in [-0.39, 0.29) is 21.3 Å². The van der Waals surface area contributed by atoms with Crippen LogP contribution in [0.1, 0.15) is 130 Å². The molecule has 40 heavy (non-hydrogen) atoms. The predicted octanol–water partition coefficient (Wildman–Crippen LogP) is 8.45. The molecule has 0 atom stereocenters. The quantitative estimate of drug-likeness (QED) is 0.146. The van der Waals surface area contributed by atoms with Crippen LogP contribution in [0.2, 0.25) is 10.1 Å². The van der Waals surface area contributed by atoms with Gasteiger partial charge in [-0.3, -0.25) is 0 Å². The summed E-state index contributed by atoms with van der Waals surface area (Å²) in [6.07, 6.45) is 8.44. The van der Waals surface area contributed by atoms with E-state index < -0.39 is 25.1 Å². The molecule has 0 saturated heterocycles. The van der Waals surface area contributed by atoms with Gasteiger partial charge in [-0.25, -0.2) is 0 Å². The van der Waals surface area contributed by atoms with Crippen molar-refractivity contribution in [3.8, 4) is 0 Å². The van der Waals surface area contributed by atoms with Crippen LogP contribution in [0.5, 0.6) is 0 Å². The molecule has 2 aromatic carbocycles. The Bertz CT molecular complexity index is 1060. The molecule has 0 unspecified atom stereocenters. The third-order valence-electron chi connectivity index (χ3n) is 7.00. The van der Waals surface area contributed by atoms with Crippen molar-refractivity contribution in [1.29, 1.82) is 0 Å². The Morgan fingerprint density at radius 1 is 0.650 bits per heavy atom. The van der Waals surface area contributed by atoms with Gasteiger partial charge >= 0.3 is 0 Å². The van der Waals surface area contributed by atoms with E-state index in [1.807, 2.05) is 13.8 Å². The van der Waals surface area contributed by atoms with Gasteiger partial charge in [0.2, 0.25) is 0 Å². The summed E-state index contributed by atoms with van der Waals surface area (Å²) in [5.41, 5.74) is 4.82. The number of rotatable bonds is 13. The van der Waals surface area contributed by atoms with Crippen molar-refractivity contribution in [3.05, 3.63) is 70.3 Å². The molecule has 5 heteroatoms. The largest absolute Gasteiger partial charge is 0.415 e. The molecule has 0 saturated carbocycles. The molecule has 0 radical (unpaired) electrons. The lowest BCUT2D eigenvalue weighted by Crippen LogP contribution is -2.30. The van der Waals surface area contributed by atoms with Gasteiger partial charge < -0.3 is 14.0 Å². The molecule has 0 aliphatic rings. The SMILES string of the molecule is CC(C)(O)CCCCc1cccc(C=Cc2cc(C(C)(C)O[SiH2]C(C)(C)C)cc(C(C)(C)O[SiH2]C(C)(C)C)c2)c1. The maximum atomic E-state index is 9.99. The molecule has 0 heterocycles. The molecule has 3 nitrogen and oxygen atoms in total. The third-order valence-corrected chi connectivity index (χ3v) is 10.5. The van der Waals surface area contributed by atoms with Gasteiger partial charge in [-0.2, -0.15) is 0 Å². The Hall–Kier alpha value is -1.51. The van der Waals surface area contributed by atoms with Crippen LogP contribution < -0.4 is 0 Å². The lowest BCUT2D eigenvalue weighted by Gasteiger charge is -2.34. The molecule has 0 aliphatic heterocycles. The predicted molar refractivity (Wildman–Crippen MR) is 180 cm³/mol. The van der Waals surface area contributed by atoms with Crippen LogP contribution in [-0.4, -0.2) is 30.2 Å². The highest BCUT2D eigenvalue weighted by molar-refractivity contribution is 6.32. The normalized spacial score (nSPS) is 14.4. The summed E-state index contributed by atoms with van der Waals surface area (Å²) >= 11 is 0. The lowest BCUT2D eigenvalue weighted by atomic mass is 9.88. The van der Waals surface area contributed by atoms with Crippen molar-refractivity contribution >= 4 is 31.7 Å². The standard InChI is InChI=1S/C35H58O3Si2/c1-31(2,3)39-37-34(9,10)29-23-28(24-30(25-29)35(11,12)38-40-32(4,5)6)20-19-27-18-15-17-26(22-27)16-13-14-21-33(7,8)36/h15,17-20,22-25,36H,13-14,16,21,39-40H2,1-12H3. The minimum Gasteiger partial charge on any atom is -0.415 e. The van der Waals surface area contributed by atoms with E-state index in [1.165, 1.54) is 27.8 Å². The van der Waals surface area contributed by atoms with Gasteiger partial charge in [-0.15, -0.1) is 0 Å². The van der Waals surface area contributed by atoms with E-state index >= 15 is 0 Å². The van der Waals surface area contributed by atoms with Gasteiger partial charge in [0.15, 0.2) is 19.5 Å². The first-order valence-electron chi connectivity index (χ1n) is 15.1.